The number of nitrogens with zero attached hydrogens (tertiary/aromatic N) is 1. The third-order valence-corrected chi connectivity index (χ3v) is 3.45. The van der Waals surface area contributed by atoms with E-state index in [2.05, 4.69) is 10.3 Å². The van der Waals surface area contributed by atoms with Crippen molar-refractivity contribution < 1.29 is 13.9 Å². The lowest BCUT2D eigenvalue weighted by molar-refractivity contribution is 0.0959. The van der Waals surface area contributed by atoms with Gasteiger partial charge in [-0.3, -0.25) is 10.1 Å². The van der Waals surface area contributed by atoms with Crippen molar-refractivity contribution in [1.29, 1.82) is 0 Å². The maximum atomic E-state index is 12.3. The number of furan rings is 1. The van der Waals surface area contributed by atoms with Gasteiger partial charge < -0.3 is 9.15 Å². The fourth-order valence-corrected chi connectivity index (χ4v) is 1.99. The number of amidine groups is 1. The van der Waals surface area contributed by atoms with Crippen LogP contribution < -0.4 is 5.32 Å². The van der Waals surface area contributed by atoms with Gasteiger partial charge in [-0.2, -0.15) is 0 Å². The molecule has 1 heterocycles. The number of nitrogens with one attached hydrogen (secondary N) is 1. The number of hydrogen-bond donors (Lipinski definition) is 1. The Hall–Kier alpha value is -1.98. The molecule has 1 N–H and O–H groups in total. The van der Waals surface area contributed by atoms with E-state index in [0.29, 0.717) is 21.4 Å². The van der Waals surface area contributed by atoms with Gasteiger partial charge in [0.15, 0.2) is 0 Å². The van der Waals surface area contributed by atoms with E-state index in [1.807, 2.05) is 13.8 Å². The van der Waals surface area contributed by atoms with Crippen molar-refractivity contribution in [2.75, 3.05) is 0 Å². The van der Waals surface area contributed by atoms with Gasteiger partial charge in [0.05, 0.1) is 22.4 Å². The van der Waals surface area contributed by atoms with E-state index in [0.717, 1.165) is 0 Å². The van der Waals surface area contributed by atoms with Gasteiger partial charge in [0.2, 0.25) is 0 Å². The third-order valence-electron chi connectivity index (χ3n) is 2.71. The lowest BCUT2D eigenvalue weighted by atomic mass is 10.2. The first kappa shape index (κ1) is 17.4. The van der Waals surface area contributed by atoms with Gasteiger partial charge in [-0.05, 0) is 44.2 Å². The maximum absolute atomic E-state index is 12.3. The molecule has 0 unspecified atom stereocenters. The average Bonchev–Trinajstić information content (AvgIpc) is 3.00. The Morgan fingerprint density at radius 2 is 2.09 bits per heavy atom. The maximum Gasteiger partial charge on any atom is 0.292 e. The highest BCUT2D eigenvalue weighted by Gasteiger charge is 2.13. The van der Waals surface area contributed by atoms with E-state index in [1.54, 1.807) is 30.5 Å². The minimum absolute atomic E-state index is 0.118. The number of aliphatic imine (C=N–C) groups is 1. The first-order chi connectivity index (χ1) is 11.0. The second-order valence-corrected chi connectivity index (χ2v) is 5.76. The molecule has 7 heteroatoms. The third kappa shape index (κ3) is 5.30. The topological polar surface area (TPSA) is 63.8 Å². The number of benzene rings is 1. The molecule has 1 aromatic carbocycles. The van der Waals surface area contributed by atoms with Crippen LogP contribution in [0.25, 0.3) is 0 Å². The highest BCUT2D eigenvalue weighted by molar-refractivity contribution is 6.42. The van der Waals surface area contributed by atoms with Gasteiger partial charge in [-0.25, -0.2) is 4.99 Å². The van der Waals surface area contributed by atoms with Gasteiger partial charge in [-0.1, -0.05) is 23.2 Å². The van der Waals surface area contributed by atoms with Gasteiger partial charge in [0, 0.05) is 5.56 Å². The minimum atomic E-state index is -0.387. The summed E-state index contributed by atoms with van der Waals surface area (Å²) in [6.45, 7) is 3.94. The fraction of sp³-hybridized carbons (Fsp3) is 0.250. The van der Waals surface area contributed by atoms with Crippen LogP contribution in [0, 0.1) is 0 Å². The van der Waals surface area contributed by atoms with Crippen LogP contribution in [0.3, 0.4) is 0 Å². The molecular weight excluding hydrogens is 339 g/mol. The van der Waals surface area contributed by atoms with Crippen LogP contribution in [0.4, 0.5) is 0 Å². The summed E-state index contributed by atoms with van der Waals surface area (Å²) in [6.07, 6.45) is 1.42. The van der Waals surface area contributed by atoms with Crippen molar-refractivity contribution >= 4 is 35.1 Å². The molecule has 122 valence electrons. The Morgan fingerprint density at radius 3 is 2.70 bits per heavy atom. The summed E-state index contributed by atoms with van der Waals surface area (Å²) >= 11 is 11.8. The van der Waals surface area contributed by atoms with E-state index in [4.69, 9.17) is 32.4 Å². The molecule has 2 aromatic rings. The summed E-state index contributed by atoms with van der Waals surface area (Å²) in [5, 5.41) is 3.31. The summed E-state index contributed by atoms with van der Waals surface area (Å²) in [5.74, 6) is 0.279. The summed E-state index contributed by atoms with van der Waals surface area (Å²) in [6, 6.07) is 8.29. The van der Waals surface area contributed by atoms with Gasteiger partial charge in [0.1, 0.15) is 12.3 Å². The lowest BCUT2D eigenvalue weighted by Crippen LogP contribution is -2.34. The zero-order chi connectivity index (χ0) is 16.8. The Balaban J connectivity index is 2.11. The number of rotatable bonds is 4. The molecule has 0 spiro atoms. The van der Waals surface area contributed by atoms with Crippen molar-refractivity contribution in [2.24, 2.45) is 4.99 Å². The number of carbonyl (C=O) groups is 1. The zero-order valence-corrected chi connectivity index (χ0v) is 14.2. The Kier molecular flexibility index (Phi) is 6.07. The zero-order valence-electron chi connectivity index (χ0n) is 12.7. The van der Waals surface area contributed by atoms with Crippen LogP contribution in [0.5, 0.6) is 0 Å². The fourth-order valence-electron chi connectivity index (χ4n) is 1.69. The molecule has 5 nitrogen and oxygen atoms in total. The van der Waals surface area contributed by atoms with Crippen LogP contribution in [0.15, 0.2) is 46.0 Å². The predicted octanol–water partition coefficient (Wildman–Crippen LogP) is 4.30. The molecule has 0 saturated heterocycles. The van der Waals surface area contributed by atoms with Crippen LogP contribution >= 0.6 is 23.2 Å². The Bertz CT molecular complexity index is 697. The molecule has 0 aliphatic heterocycles. The SMILES string of the molecule is CC(C)OC(=NCc1ccco1)NC(=O)c1ccc(Cl)c(Cl)c1. The van der Waals surface area contributed by atoms with Gasteiger partial charge in [-0.15, -0.1) is 0 Å². The number of ether oxygens (including phenoxy) is 1. The molecule has 23 heavy (non-hydrogen) atoms. The smallest absolute Gasteiger partial charge is 0.292 e. The molecule has 0 radical (unpaired) electrons. The van der Waals surface area contributed by atoms with Gasteiger partial charge >= 0.3 is 0 Å². The molecule has 0 atom stereocenters. The van der Waals surface area contributed by atoms with Crippen LogP contribution in [0.1, 0.15) is 30.0 Å². The number of carbonyl (C=O) groups excluding carboxylic acids is 1. The lowest BCUT2D eigenvalue weighted by Gasteiger charge is -2.13. The van der Waals surface area contributed by atoms with E-state index < -0.39 is 0 Å². The van der Waals surface area contributed by atoms with Crippen molar-refractivity contribution in [3.8, 4) is 0 Å². The molecule has 0 bridgehead atoms. The monoisotopic (exact) mass is 354 g/mol. The quantitative estimate of drug-likeness (QED) is 0.657. The Labute approximate surface area is 144 Å². The predicted molar refractivity (Wildman–Crippen MR) is 90.0 cm³/mol. The number of hydrogen-bond acceptors (Lipinski definition) is 4. The first-order valence-corrected chi connectivity index (χ1v) is 7.71. The summed E-state index contributed by atoms with van der Waals surface area (Å²) in [5.41, 5.74) is 0.359. The van der Waals surface area contributed by atoms with Crippen LogP contribution in [-0.2, 0) is 11.3 Å². The van der Waals surface area contributed by atoms with E-state index in [9.17, 15) is 4.79 Å². The average molecular weight is 355 g/mol. The van der Waals surface area contributed by atoms with Crippen LogP contribution in [-0.4, -0.2) is 18.0 Å². The molecule has 1 amide bonds. The first-order valence-electron chi connectivity index (χ1n) is 6.95. The molecule has 1 aromatic heterocycles. The summed E-state index contributed by atoms with van der Waals surface area (Å²) in [4.78, 5) is 16.5. The number of halogens is 2. The van der Waals surface area contributed by atoms with Crippen molar-refractivity contribution in [2.45, 2.75) is 26.5 Å². The molecular formula is C16H16Cl2N2O3. The molecule has 0 fully saturated rings. The van der Waals surface area contributed by atoms with E-state index in [-0.39, 0.29) is 24.6 Å². The number of amides is 1. The largest absolute Gasteiger partial charge is 0.467 e. The summed E-state index contributed by atoms with van der Waals surface area (Å²) < 4.78 is 10.7. The normalized spacial score (nSPS) is 11.6. The summed E-state index contributed by atoms with van der Waals surface area (Å²) in [7, 11) is 0. The van der Waals surface area contributed by atoms with E-state index in [1.165, 1.54) is 6.07 Å². The molecule has 0 saturated carbocycles. The second kappa shape index (κ2) is 8.04. The van der Waals surface area contributed by atoms with Crippen molar-refractivity contribution in [3.05, 3.63) is 58.0 Å². The molecule has 0 aliphatic carbocycles. The molecule has 0 aliphatic rings. The molecule has 2 rings (SSSR count). The van der Waals surface area contributed by atoms with Gasteiger partial charge in [0.25, 0.3) is 11.9 Å². The standard InChI is InChI=1S/C16H16Cl2N2O3/c1-10(2)23-16(19-9-12-4-3-7-22-12)20-15(21)11-5-6-13(17)14(18)8-11/h3-8,10H,9H2,1-2H3,(H,19,20,21). The van der Waals surface area contributed by atoms with Crippen molar-refractivity contribution in [1.82, 2.24) is 5.32 Å². The van der Waals surface area contributed by atoms with Crippen molar-refractivity contribution in [3.63, 3.8) is 0 Å². The Morgan fingerprint density at radius 1 is 1.30 bits per heavy atom. The van der Waals surface area contributed by atoms with E-state index >= 15 is 0 Å². The second-order valence-electron chi connectivity index (χ2n) is 4.95. The van der Waals surface area contributed by atoms with Crippen LogP contribution in [0.2, 0.25) is 10.0 Å². The highest BCUT2D eigenvalue weighted by atomic mass is 35.5. The minimum Gasteiger partial charge on any atom is -0.467 e. The highest BCUT2D eigenvalue weighted by Crippen LogP contribution is 2.22.